The Balaban J connectivity index is 1.77. The van der Waals surface area contributed by atoms with Crippen molar-refractivity contribution in [1.82, 2.24) is 4.90 Å². The van der Waals surface area contributed by atoms with Gasteiger partial charge in [-0.2, -0.15) is 0 Å². The molecule has 10 heteroatoms. The molecular weight excluding hydrogens is 451 g/mol. The summed E-state index contributed by atoms with van der Waals surface area (Å²) in [7, 11) is 2.92. The average Bonchev–Trinajstić information content (AvgIpc) is 2.96. The van der Waals surface area contributed by atoms with Crippen molar-refractivity contribution in [3.63, 3.8) is 0 Å². The van der Waals surface area contributed by atoms with E-state index >= 15 is 0 Å². The van der Waals surface area contributed by atoms with Gasteiger partial charge in [0, 0.05) is 0 Å². The summed E-state index contributed by atoms with van der Waals surface area (Å²) in [6.45, 7) is -0.431. The van der Waals surface area contributed by atoms with E-state index in [9.17, 15) is 14.4 Å². The number of ether oxygens (including phenoxy) is 2. The predicted octanol–water partition coefficient (Wildman–Crippen LogP) is 4.69. The molecule has 1 aliphatic rings. The number of halogens is 2. The van der Waals surface area contributed by atoms with Crippen LogP contribution in [0.4, 0.5) is 10.5 Å². The van der Waals surface area contributed by atoms with Crippen molar-refractivity contribution in [2.75, 3.05) is 26.1 Å². The fraction of sp³-hybridized carbons (Fsp3) is 0.150. The number of hydrogen-bond donors (Lipinski definition) is 1. The summed E-state index contributed by atoms with van der Waals surface area (Å²) >= 11 is 12.9. The molecule has 1 saturated heterocycles. The van der Waals surface area contributed by atoms with Crippen LogP contribution in [0.5, 0.6) is 11.5 Å². The van der Waals surface area contributed by atoms with E-state index in [4.69, 9.17) is 32.7 Å². The van der Waals surface area contributed by atoms with Crippen molar-refractivity contribution in [2.45, 2.75) is 0 Å². The first-order valence-corrected chi connectivity index (χ1v) is 10.1. The molecule has 1 aliphatic heterocycles. The molecule has 2 aromatic rings. The summed E-state index contributed by atoms with van der Waals surface area (Å²) in [6, 6.07) is 9.88. The van der Waals surface area contributed by atoms with Crippen molar-refractivity contribution in [2.24, 2.45) is 0 Å². The number of hydrogen-bond acceptors (Lipinski definition) is 6. The van der Waals surface area contributed by atoms with Crippen molar-refractivity contribution < 1.29 is 23.9 Å². The molecule has 1 fully saturated rings. The standard InChI is InChI=1S/C20H16Cl2N2O5S/c1-28-15-8-11(7-13(22)18(15)29-2)9-16-19(26)24(20(27)30-16)10-17(25)23-14-6-4-3-5-12(14)21/h3-9H,10H2,1-2H3,(H,23,25)/b16-9+. The monoisotopic (exact) mass is 466 g/mol. The lowest BCUT2D eigenvalue weighted by Crippen LogP contribution is -2.36. The van der Waals surface area contributed by atoms with Crippen LogP contribution < -0.4 is 14.8 Å². The summed E-state index contributed by atoms with van der Waals surface area (Å²) in [6.07, 6.45) is 1.50. The quantitative estimate of drug-likeness (QED) is 0.621. The third kappa shape index (κ3) is 4.72. The molecule has 3 amide bonds. The predicted molar refractivity (Wildman–Crippen MR) is 117 cm³/mol. The molecule has 0 aliphatic carbocycles. The van der Waals surface area contributed by atoms with E-state index in [-0.39, 0.29) is 4.91 Å². The van der Waals surface area contributed by atoms with Crippen molar-refractivity contribution in [1.29, 1.82) is 0 Å². The maximum Gasteiger partial charge on any atom is 0.294 e. The van der Waals surface area contributed by atoms with Crippen LogP contribution in [0.25, 0.3) is 6.08 Å². The zero-order chi connectivity index (χ0) is 21.8. The highest BCUT2D eigenvalue weighted by Crippen LogP contribution is 2.38. The van der Waals surface area contributed by atoms with E-state index < -0.39 is 23.6 Å². The Kier molecular flexibility index (Phi) is 6.91. The second-order valence-electron chi connectivity index (χ2n) is 6.03. The van der Waals surface area contributed by atoms with Gasteiger partial charge in [0.2, 0.25) is 5.91 Å². The van der Waals surface area contributed by atoms with Crippen LogP contribution >= 0.6 is 35.0 Å². The topological polar surface area (TPSA) is 84.9 Å². The molecule has 1 heterocycles. The van der Waals surface area contributed by atoms with Crippen LogP contribution in [0.15, 0.2) is 41.3 Å². The Bertz CT molecular complexity index is 1060. The summed E-state index contributed by atoms with van der Waals surface area (Å²) in [5.74, 6) is -0.374. The highest BCUT2D eigenvalue weighted by Gasteiger charge is 2.36. The Hall–Kier alpha value is -2.68. The molecule has 0 radical (unpaired) electrons. The van der Waals surface area contributed by atoms with E-state index in [1.54, 1.807) is 36.4 Å². The minimum atomic E-state index is -0.579. The number of carbonyl (C=O) groups is 3. The lowest BCUT2D eigenvalue weighted by atomic mass is 10.2. The number of methoxy groups -OCH3 is 2. The molecule has 0 unspecified atom stereocenters. The summed E-state index contributed by atoms with van der Waals surface area (Å²) in [5, 5.41) is 2.68. The Labute approximate surface area is 186 Å². The molecule has 2 aromatic carbocycles. The molecule has 0 aromatic heterocycles. The van der Waals surface area contributed by atoms with E-state index in [2.05, 4.69) is 5.32 Å². The number of nitrogens with one attached hydrogen (secondary N) is 1. The van der Waals surface area contributed by atoms with Crippen LogP contribution in [0, 0.1) is 0 Å². The first kappa shape index (κ1) is 22.0. The highest BCUT2D eigenvalue weighted by atomic mass is 35.5. The van der Waals surface area contributed by atoms with Gasteiger partial charge in [0.25, 0.3) is 11.1 Å². The van der Waals surface area contributed by atoms with Crippen LogP contribution in [0.2, 0.25) is 10.0 Å². The first-order valence-electron chi connectivity index (χ1n) is 8.55. The second kappa shape index (κ2) is 9.42. The molecular formula is C20H16Cl2N2O5S. The minimum Gasteiger partial charge on any atom is -0.493 e. The molecule has 7 nitrogen and oxygen atoms in total. The number of thioether (sulfide) groups is 1. The smallest absolute Gasteiger partial charge is 0.294 e. The molecule has 156 valence electrons. The number of amides is 3. The third-order valence-electron chi connectivity index (χ3n) is 4.08. The Morgan fingerprint density at radius 2 is 1.87 bits per heavy atom. The number of carbonyl (C=O) groups excluding carboxylic acids is 3. The van der Waals surface area contributed by atoms with Gasteiger partial charge in [-0.05, 0) is 47.7 Å². The number of imide groups is 1. The van der Waals surface area contributed by atoms with E-state index in [1.807, 2.05) is 0 Å². The fourth-order valence-corrected chi connectivity index (χ4v) is 4.02. The Morgan fingerprint density at radius 3 is 2.53 bits per heavy atom. The third-order valence-corrected chi connectivity index (χ3v) is 5.59. The van der Waals surface area contributed by atoms with Gasteiger partial charge in [-0.15, -0.1) is 0 Å². The van der Waals surface area contributed by atoms with Gasteiger partial charge in [-0.3, -0.25) is 19.3 Å². The van der Waals surface area contributed by atoms with Crippen LogP contribution in [0.3, 0.4) is 0 Å². The lowest BCUT2D eigenvalue weighted by molar-refractivity contribution is -0.127. The van der Waals surface area contributed by atoms with Gasteiger partial charge in [-0.1, -0.05) is 35.3 Å². The van der Waals surface area contributed by atoms with Crippen LogP contribution in [-0.4, -0.2) is 42.7 Å². The van der Waals surface area contributed by atoms with E-state index in [0.29, 0.717) is 32.8 Å². The van der Waals surface area contributed by atoms with Crippen molar-refractivity contribution in [3.8, 4) is 11.5 Å². The number of para-hydroxylation sites is 1. The van der Waals surface area contributed by atoms with Gasteiger partial charge in [0.1, 0.15) is 6.54 Å². The lowest BCUT2D eigenvalue weighted by Gasteiger charge is -2.13. The van der Waals surface area contributed by atoms with E-state index in [1.165, 1.54) is 20.3 Å². The summed E-state index contributed by atoms with van der Waals surface area (Å²) in [4.78, 5) is 38.2. The SMILES string of the molecule is COc1cc(/C=C2/SC(=O)N(CC(=O)Nc3ccccc3Cl)C2=O)cc(Cl)c1OC. The molecule has 0 atom stereocenters. The van der Waals surface area contributed by atoms with Crippen LogP contribution in [-0.2, 0) is 9.59 Å². The van der Waals surface area contributed by atoms with Crippen molar-refractivity contribution in [3.05, 3.63) is 56.9 Å². The number of benzene rings is 2. The fourth-order valence-electron chi connectivity index (χ4n) is 2.70. The largest absolute Gasteiger partial charge is 0.493 e. The maximum absolute atomic E-state index is 12.7. The molecule has 0 bridgehead atoms. The zero-order valence-electron chi connectivity index (χ0n) is 15.9. The normalized spacial score (nSPS) is 14.9. The number of rotatable bonds is 6. The number of anilines is 1. The molecule has 0 spiro atoms. The maximum atomic E-state index is 12.7. The first-order chi connectivity index (χ1) is 14.3. The van der Waals surface area contributed by atoms with Gasteiger partial charge in [0.15, 0.2) is 11.5 Å². The molecule has 3 rings (SSSR count). The number of nitrogens with zero attached hydrogens (tertiary/aromatic N) is 1. The second-order valence-corrected chi connectivity index (χ2v) is 7.84. The average molecular weight is 467 g/mol. The van der Waals surface area contributed by atoms with Gasteiger partial charge in [0.05, 0.1) is 34.9 Å². The minimum absolute atomic E-state index is 0.161. The zero-order valence-corrected chi connectivity index (χ0v) is 18.2. The summed E-state index contributed by atoms with van der Waals surface area (Å²) < 4.78 is 10.4. The highest BCUT2D eigenvalue weighted by molar-refractivity contribution is 8.18. The molecule has 30 heavy (non-hydrogen) atoms. The summed E-state index contributed by atoms with van der Waals surface area (Å²) in [5.41, 5.74) is 0.940. The van der Waals surface area contributed by atoms with Crippen LogP contribution in [0.1, 0.15) is 5.56 Å². The molecule has 1 N–H and O–H groups in total. The van der Waals surface area contributed by atoms with Gasteiger partial charge >= 0.3 is 0 Å². The van der Waals surface area contributed by atoms with Gasteiger partial charge < -0.3 is 14.8 Å². The molecule has 0 saturated carbocycles. The van der Waals surface area contributed by atoms with Gasteiger partial charge in [-0.25, -0.2) is 0 Å². The Morgan fingerprint density at radius 1 is 1.13 bits per heavy atom. The van der Waals surface area contributed by atoms with E-state index in [0.717, 1.165) is 16.7 Å². The van der Waals surface area contributed by atoms with Crippen molar-refractivity contribution >= 4 is 63.8 Å².